The quantitative estimate of drug-likeness (QED) is 0.500. The van der Waals surface area contributed by atoms with Gasteiger partial charge in [0.15, 0.2) is 0 Å². The summed E-state index contributed by atoms with van der Waals surface area (Å²) in [5, 5.41) is 7.66. The van der Waals surface area contributed by atoms with Gasteiger partial charge in [-0.2, -0.15) is 9.78 Å². The number of nitrogens with one attached hydrogen (secondary N) is 1. The minimum Gasteiger partial charge on any atom is -0.407 e. The van der Waals surface area contributed by atoms with Gasteiger partial charge in [0.1, 0.15) is 5.82 Å². The Hall–Kier alpha value is -3.48. The second kappa shape index (κ2) is 8.94. The van der Waals surface area contributed by atoms with Gasteiger partial charge in [-0.05, 0) is 60.7 Å². The van der Waals surface area contributed by atoms with Crippen LogP contribution in [0.5, 0.6) is 5.88 Å². The molecule has 0 bridgehead atoms. The molecule has 1 aliphatic rings. The van der Waals surface area contributed by atoms with Gasteiger partial charge in [0.05, 0.1) is 16.9 Å². The summed E-state index contributed by atoms with van der Waals surface area (Å²) >= 11 is 0. The van der Waals surface area contributed by atoms with E-state index in [1.807, 2.05) is 38.1 Å². The molecule has 0 aliphatic heterocycles. The van der Waals surface area contributed by atoms with Crippen molar-refractivity contribution >= 4 is 17.6 Å². The number of hydrogen-bond donors (Lipinski definition) is 1. The fourth-order valence-corrected chi connectivity index (χ4v) is 3.62. The molecule has 2 aromatic carbocycles. The van der Waals surface area contributed by atoms with Gasteiger partial charge in [-0.3, -0.25) is 9.59 Å². The van der Waals surface area contributed by atoms with Crippen LogP contribution in [0.15, 0.2) is 48.5 Å². The Bertz CT molecular complexity index is 1130. The number of hydrogen-bond acceptors (Lipinski definition) is 4. The van der Waals surface area contributed by atoms with E-state index in [0.29, 0.717) is 23.7 Å². The van der Waals surface area contributed by atoms with Crippen molar-refractivity contribution < 1.29 is 18.7 Å². The molecule has 166 valence electrons. The number of carbonyl (C=O) groups excluding carboxylic acids is 2. The molecule has 3 aromatic rings. The first-order valence-corrected chi connectivity index (χ1v) is 10.8. The summed E-state index contributed by atoms with van der Waals surface area (Å²) in [5.74, 6) is 0.0197. The highest BCUT2D eigenvalue weighted by Gasteiger charge is 2.34. The minimum absolute atomic E-state index is 0.0313. The Balaban J connectivity index is 1.74. The Kier molecular flexibility index (Phi) is 6.08. The van der Waals surface area contributed by atoms with Crippen LogP contribution in [-0.4, -0.2) is 21.7 Å². The number of amides is 1. The molecule has 6 nitrogen and oxygen atoms in total. The highest BCUT2D eigenvalue weighted by Crippen LogP contribution is 2.48. The van der Waals surface area contributed by atoms with Gasteiger partial charge in [0.25, 0.3) is 0 Å². The van der Waals surface area contributed by atoms with Crippen LogP contribution in [0.3, 0.4) is 0 Å². The molecule has 0 spiro atoms. The van der Waals surface area contributed by atoms with Gasteiger partial charge in [-0.25, -0.2) is 4.39 Å². The highest BCUT2D eigenvalue weighted by molar-refractivity contribution is 5.91. The second-order valence-corrected chi connectivity index (χ2v) is 8.55. The van der Waals surface area contributed by atoms with Gasteiger partial charge in [-0.1, -0.05) is 26.0 Å². The fourth-order valence-electron chi connectivity index (χ4n) is 3.62. The van der Waals surface area contributed by atoms with Crippen molar-refractivity contribution in [1.29, 1.82) is 0 Å². The van der Waals surface area contributed by atoms with Gasteiger partial charge in [0, 0.05) is 24.9 Å². The SMILES string of the molecule is CC(=O)Oc1c(-c2ccc(NC(=O)CC(C)C)cc2)c(C2CC2)nn1-c1ccc(F)cc1. The van der Waals surface area contributed by atoms with Crippen molar-refractivity contribution in [2.45, 2.75) is 46.0 Å². The van der Waals surface area contributed by atoms with Crippen LogP contribution in [0.25, 0.3) is 16.8 Å². The molecule has 1 amide bonds. The third kappa shape index (κ3) is 4.88. The van der Waals surface area contributed by atoms with E-state index in [2.05, 4.69) is 5.32 Å². The summed E-state index contributed by atoms with van der Waals surface area (Å²) in [6.45, 7) is 5.34. The predicted molar refractivity (Wildman–Crippen MR) is 120 cm³/mol. The molecule has 1 fully saturated rings. The largest absolute Gasteiger partial charge is 0.407 e. The van der Waals surface area contributed by atoms with Crippen LogP contribution in [0.2, 0.25) is 0 Å². The van der Waals surface area contributed by atoms with Crippen molar-refractivity contribution in [3.63, 3.8) is 0 Å². The third-order valence-corrected chi connectivity index (χ3v) is 5.20. The first-order valence-electron chi connectivity index (χ1n) is 10.8. The average molecular weight is 435 g/mol. The maximum absolute atomic E-state index is 13.5. The number of aromatic nitrogens is 2. The molecule has 1 aliphatic carbocycles. The van der Waals surface area contributed by atoms with Gasteiger partial charge in [-0.15, -0.1) is 0 Å². The zero-order chi connectivity index (χ0) is 22.8. The molecule has 0 saturated heterocycles. The van der Waals surface area contributed by atoms with E-state index < -0.39 is 5.97 Å². The topological polar surface area (TPSA) is 73.2 Å². The third-order valence-electron chi connectivity index (χ3n) is 5.20. The van der Waals surface area contributed by atoms with Crippen LogP contribution in [0, 0.1) is 11.7 Å². The van der Waals surface area contributed by atoms with E-state index in [9.17, 15) is 14.0 Å². The van der Waals surface area contributed by atoms with E-state index in [1.165, 1.54) is 19.1 Å². The number of halogens is 1. The van der Waals surface area contributed by atoms with Crippen molar-refractivity contribution in [3.8, 4) is 22.7 Å². The Morgan fingerprint density at radius 2 is 1.78 bits per heavy atom. The number of carbonyl (C=O) groups is 2. The van der Waals surface area contributed by atoms with E-state index in [0.717, 1.165) is 29.7 Å². The Labute approximate surface area is 186 Å². The van der Waals surface area contributed by atoms with E-state index in [1.54, 1.807) is 16.8 Å². The molecule has 32 heavy (non-hydrogen) atoms. The van der Waals surface area contributed by atoms with Gasteiger partial charge in [0.2, 0.25) is 11.8 Å². The lowest BCUT2D eigenvalue weighted by Crippen LogP contribution is -2.13. The van der Waals surface area contributed by atoms with Crippen LogP contribution < -0.4 is 10.1 Å². The van der Waals surface area contributed by atoms with Crippen molar-refractivity contribution in [3.05, 3.63) is 60.0 Å². The van der Waals surface area contributed by atoms with E-state index in [4.69, 9.17) is 9.84 Å². The summed E-state index contributed by atoms with van der Waals surface area (Å²) in [6, 6.07) is 13.3. The van der Waals surface area contributed by atoms with E-state index >= 15 is 0 Å². The van der Waals surface area contributed by atoms with Crippen LogP contribution in [0.4, 0.5) is 10.1 Å². The minimum atomic E-state index is -0.463. The molecule has 7 heteroatoms. The molecule has 1 saturated carbocycles. The summed E-state index contributed by atoms with van der Waals surface area (Å²) in [4.78, 5) is 24.0. The van der Waals surface area contributed by atoms with E-state index in [-0.39, 0.29) is 23.6 Å². The van der Waals surface area contributed by atoms with Crippen LogP contribution >= 0.6 is 0 Å². The van der Waals surface area contributed by atoms with Crippen LogP contribution in [-0.2, 0) is 9.59 Å². The summed E-state index contributed by atoms with van der Waals surface area (Å²) < 4.78 is 20.6. The molecule has 0 radical (unpaired) electrons. The standard InChI is InChI=1S/C25H26FN3O3/c1-15(2)14-22(31)27-20-10-6-17(7-11-20)23-24(18-4-5-18)28-29(25(23)32-16(3)30)21-12-8-19(26)9-13-21/h6-13,15,18H,4-5,14H2,1-3H3,(H,27,31). The predicted octanol–water partition coefficient (Wildman–Crippen LogP) is 5.47. The van der Waals surface area contributed by atoms with Crippen molar-refractivity contribution in [1.82, 2.24) is 9.78 Å². The molecule has 0 unspecified atom stereocenters. The maximum Gasteiger partial charge on any atom is 0.309 e. The first kappa shape index (κ1) is 21.7. The first-order chi connectivity index (χ1) is 15.3. The molecule has 1 N–H and O–H groups in total. The van der Waals surface area contributed by atoms with Gasteiger partial charge >= 0.3 is 5.97 Å². The number of ether oxygens (including phenoxy) is 1. The lowest BCUT2D eigenvalue weighted by atomic mass is 10.0. The van der Waals surface area contributed by atoms with Crippen molar-refractivity contribution in [2.75, 3.05) is 5.32 Å². The van der Waals surface area contributed by atoms with Crippen LogP contribution in [0.1, 0.15) is 51.6 Å². The average Bonchev–Trinajstić information content (AvgIpc) is 3.51. The number of nitrogens with zero attached hydrogens (tertiary/aromatic N) is 2. The smallest absolute Gasteiger partial charge is 0.309 e. The summed E-state index contributed by atoms with van der Waals surface area (Å²) in [5.41, 5.74) is 3.73. The number of anilines is 1. The zero-order valence-corrected chi connectivity index (χ0v) is 18.4. The van der Waals surface area contributed by atoms with Crippen molar-refractivity contribution in [2.24, 2.45) is 5.92 Å². The fraction of sp³-hybridized carbons (Fsp3) is 0.320. The normalized spacial score (nSPS) is 13.3. The highest BCUT2D eigenvalue weighted by atomic mass is 19.1. The molecule has 0 atom stereocenters. The van der Waals surface area contributed by atoms with Gasteiger partial charge < -0.3 is 10.1 Å². The molecule has 1 heterocycles. The Morgan fingerprint density at radius 3 is 2.34 bits per heavy atom. The summed E-state index contributed by atoms with van der Waals surface area (Å²) in [7, 11) is 0. The maximum atomic E-state index is 13.5. The lowest BCUT2D eigenvalue weighted by Gasteiger charge is -2.11. The summed E-state index contributed by atoms with van der Waals surface area (Å²) in [6.07, 6.45) is 2.47. The zero-order valence-electron chi connectivity index (χ0n) is 18.4. The monoisotopic (exact) mass is 435 g/mol. The number of benzene rings is 2. The lowest BCUT2D eigenvalue weighted by molar-refractivity contribution is -0.132. The molecule has 1 aromatic heterocycles. The molecule has 4 rings (SSSR count). The molecular formula is C25H26FN3O3. The number of rotatable bonds is 7. The second-order valence-electron chi connectivity index (χ2n) is 8.55. The Morgan fingerprint density at radius 1 is 1.12 bits per heavy atom. The molecular weight excluding hydrogens is 409 g/mol. The number of esters is 1.